The maximum absolute atomic E-state index is 11.1. The summed E-state index contributed by atoms with van der Waals surface area (Å²) in [4.78, 5) is 21.7. The van der Waals surface area contributed by atoms with Gasteiger partial charge in [-0.15, -0.1) is 0 Å². The Morgan fingerprint density at radius 1 is 1.36 bits per heavy atom. The molecule has 5 heteroatoms. The van der Waals surface area contributed by atoms with Crippen molar-refractivity contribution in [3.63, 3.8) is 0 Å². The molecule has 82 valence electrons. The number of amides is 2. The van der Waals surface area contributed by atoms with E-state index in [0.717, 1.165) is 6.42 Å². The molecule has 1 unspecified atom stereocenters. The first kappa shape index (κ1) is 12.9. The van der Waals surface area contributed by atoms with E-state index in [9.17, 15) is 9.59 Å². The summed E-state index contributed by atoms with van der Waals surface area (Å²) in [5.41, 5.74) is 5.03. The quantitative estimate of drug-likeness (QED) is 0.512. The third-order valence-corrected chi connectivity index (χ3v) is 1.80. The molecule has 0 aromatic heterocycles. The zero-order valence-corrected chi connectivity index (χ0v) is 8.80. The van der Waals surface area contributed by atoms with Gasteiger partial charge in [0.15, 0.2) is 0 Å². The van der Waals surface area contributed by atoms with E-state index in [1.165, 1.54) is 0 Å². The Kier molecular flexibility index (Phi) is 6.74. The molecule has 0 aromatic carbocycles. The SMILES string of the molecule is CCCNC(=O)CCNC(C)C(N)=O. The highest BCUT2D eigenvalue weighted by Crippen LogP contribution is 1.82. The fraction of sp³-hybridized carbons (Fsp3) is 0.778. The van der Waals surface area contributed by atoms with Gasteiger partial charge < -0.3 is 16.4 Å². The molecule has 4 N–H and O–H groups in total. The van der Waals surface area contributed by atoms with Crippen molar-refractivity contribution < 1.29 is 9.59 Å². The average molecular weight is 201 g/mol. The molecule has 2 amide bonds. The molecule has 0 radical (unpaired) electrons. The summed E-state index contributed by atoms with van der Waals surface area (Å²) in [6.45, 7) is 4.84. The highest BCUT2D eigenvalue weighted by Gasteiger charge is 2.07. The molecule has 0 spiro atoms. The van der Waals surface area contributed by atoms with Crippen molar-refractivity contribution in [2.45, 2.75) is 32.7 Å². The van der Waals surface area contributed by atoms with Gasteiger partial charge in [-0.1, -0.05) is 6.92 Å². The molecule has 0 heterocycles. The lowest BCUT2D eigenvalue weighted by molar-refractivity contribution is -0.122. The Morgan fingerprint density at radius 3 is 2.50 bits per heavy atom. The second-order valence-corrected chi connectivity index (χ2v) is 3.18. The van der Waals surface area contributed by atoms with Crippen LogP contribution in [0.4, 0.5) is 0 Å². The predicted molar refractivity (Wildman–Crippen MR) is 54.6 cm³/mol. The summed E-state index contributed by atoms with van der Waals surface area (Å²) in [5.74, 6) is -0.407. The van der Waals surface area contributed by atoms with Crippen LogP contribution < -0.4 is 16.4 Å². The molecule has 0 rings (SSSR count). The monoisotopic (exact) mass is 201 g/mol. The molecule has 0 aliphatic heterocycles. The van der Waals surface area contributed by atoms with Gasteiger partial charge in [-0.3, -0.25) is 9.59 Å². The smallest absolute Gasteiger partial charge is 0.234 e. The minimum absolute atomic E-state index is 0.00368. The number of nitrogens with two attached hydrogens (primary N) is 1. The molecule has 5 nitrogen and oxygen atoms in total. The van der Waals surface area contributed by atoms with Crippen molar-refractivity contribution in [1.82, 2.24) is 10.6 Å². The summed E-state index contributed by atoms with van der Waals surface area (Å²) in [5, 5.41) is 5.59. The van der Waals surface area contributed by atoms with Crippen LogP contribution in [0, 0.1) is 0 Å². The lowest BCUT2D eigenvalue weighted by Gasteiger charge is -2.09. The number of hydrogen-bond donors (Lipinski definition) is 3. The largest absolute Gasteiger partial charge is 0.368 e. The molecule has 0 saturated carbocycles. The van der Waals surface area contributed by atoms with Crippen molar-refractivity contribution in [1.29, 1.82) is 0 Å². The van der Waals surface area contributed by atoms with Crippen LogP contribution in [0.5, 0.6) is 0 Å². The van der Waals surface area contributed by atoms with Gasteiger partial charge in [-0.05, 0) is 13.3 Å². The van der Waals surface area contributed by atoms with E-state index in [-0.39, 0.29) is 11.9 Å². The fourth-order valence-electron chi connectivity index (χ4n) is 0.856. The predicted octanol–water partition coefficient (Wildman–Crippen LogP) is -0.634. The summed E-state index contributed by atoms with van der Waals surface area (Å²) in [6.07, 6.45) is 1.30. The summed E-state index contributed by atoms with van der Waals surface area (Å²) in [7, 11) is 0. The minimum Gasteiger partial charge on any atom is -0.368 e. The fourth-order valence-corrected chi connectivity index (χ4v) is 0.856. The van der Waals surface area contributed by atoms with Gasteiger partial charge in [0, 0.05) is 19.5 Å². The molecule has 0 aromatic rings. The molecule has 0 saturated heterocycles. The summed E-state index contributed by atoms with van der Waals surface area (Å²) in [6, 6.07) is -0.381. The second kappa shape index (κ2) is 7.32. The Morgan fingerprint density at radius 2 is 2.00 bits per heavy atom. The van der Waals surface area contributed by atoms with Crippen LogP contribution in [0.1, 0.15) is 26.7 Å². The maximum atomic E-state index is 11.1. The van der Waals surface area contributed by atoms with Crippen molar-refractivity contribution in [3.8, 4) is 0 Å². The van der Waals surface area contributed by atoms with Crippen molar-refractivity contribution in [2.75, 3.05) is 13.1 Å². The number of primary amides is 1. The molecule has 1 atom stereocenters. The Balaban J connectivity index is 3.44. The summed E-state index contributed by atoms with van der Waals surface area (Å²) < 4.78 is 0. The van der Waals surface area contributed by atoms with E-state index in [1.54, 1.807) is 6.92 Å². The van der Waals surface area contributed by atoms with Crippen LogP contribution in [0.15, 0.2) is 0 Å². The van der Waals surface area contributed by atoms with E-state index in [2.05, 4.69) is 10.6 Å². The van der Waals surface area contributed by atoms with E-state index < -0.39 is 5.91 Å². The van der Waals surface area contributed by atoms with Crippen molar-refractivity contribution in [3.05, 3.63) is 0 Å². The number of carbonyl (C=O) groups is 2. The first-order valence-corrected chi connectivity index (χ1v) is 4.87. The van der Waals surface area contributed by atoms with Crippen LogP contribution in [0.2, 0.25) is 0 Å². The zero-order chi connectivity index (χ0) is 11.0. The third-order valence-electron chi connectivity index (χ3n) is 1.80. The van der Waals surface area contributed by atoms with Gasteiger partial charge in [-0.2, -0.15) is 0 Å². The van der Waals surface area contributed by atoms with Crippen LogP contribution >= 0.6 is 0 Å². The lowest BCUT2D eigenvalue weighted by atomic mass is 10.3. The van der Waals surface area contributed by atoms with Crippen molar-refractivity contribution in [2.24, 2.45) is 5.73 Å². The second-order valence-electron chi connectivity index (χ2n) is 3.18. The van der Waals surface area contributed by atoms with Crippen LogP contribution in [-0.2, 0) is 9.59 Å². The van der Waals surface area contributed by atoms with Gasteiger partial charge in [-0.25, -0.2) is 0 Å². The Hall–Kier alpha value is -1.10. The molecule has 0 bridgehead atoms. The number of carbonyl (C=O) groups excluding carboxylic acids is 2. The Labute approximate surface area is 84.4 Å². The van der Waals surface area contributed by atoms with Gasteiger partial charge in [0.2, 0.25) is 11.8 Å². The van der Waals surface area contributed by atoms with Gasteiger partial charge in [0.1, 0.15) is 0 Å². The zero-order valence-electron chi connectivity index (χ0n) is 8.80. The number of hydrogen-bond acceptors (Lipinski definition) is 3. The lowest BCUT2D eigenvalue weighted by Crippen LogP contribution is -2.40. The van der Waals surface area contributed by atoms with E-state index >= 15 is 0 Å². The van der Waals surface area contributed by atoms with Crippen LogP contribution in [0.25, 0.3) is 0 Å². The molecular formula is C9H19N3O2. The first-order valence-electron chi connectivity index (χ1n) is 4.87. The Bertz CT molecular complexity index is 194. The van der Waals surface area contributed by atoms with Crippen LogP contribution in [0.3, 0.4) is 0 Å². The van der Waals surface area contributed by atoms with E-state index in [1.807, 2.05) is 6.92 Å². The third kappa shape index (κ3) is 6.42. The summed E-state index contributed by atoms with van der Waals surface area (Å²) >= 11 is 0. The topological polar surface area (TPSA) is 84.2 Å². The van der Waals surface area contributed by atoms with Crippen molar-refractivity contribution >= 4 is 11.8 Å². The molecule has 0 aliphatic carbocycles. The molecule has 0 fully saturated rings. The standard InChI is InChI=1S/C9H19N3O2/c1-3-5-12-8(13)4-6-11-7(2)9(10)14/h7,11H,3-6H2,1-2H3,(H2,10,14)(H,12,13). The van der Waals surface area contributed by atoms with E-state index in [0.29, 0.717) is 19.5 Å². The normalized spacial score (nSPS) is 12.1. The van der Waals surface area contributed by atoms with E-state index in [4.69, 9.17) is 5.73 Å². The number of rotatable bonds is 7. The van der Waals surface area contributed by atoms with Gasteiger partial charge >= 0.3 is 0 Å². The minimum atomic E-state index is -0.404. The average Bonchev–Trinajstić information content (AvgIpc) is 2.14. The maximum Gasteiger partial charge on any atom is 0.234 e. The molecular weight excluding hydrogens is 182 g/mol. The van der Waals surface area contributed by atoms with Crippen LogP contribution in [-0.4, -0.2) is 30.9 Å². The first-order chi connectivity index (χ1) is 6.57. The van der Waals surface area contributed by atoms with Gasteiger partial charge in [0.25, 0.3) is 0 Å². The number of nitrogens with one attached hydrogen (secondary N) is 2. The molecule has 0 aliphatic rings. The van der Waals surface area contributed by atoms with Gasteiger partial charge in [0.05, 0.1) is 6.04 Å². The molecule has 14 heavy (non-hydrogen) atoms. The highest BCUT2D eigenvalue weighted by atomic mass is 16.2. The highest BCUT2D eigenvalue weighted by molar-refractivity contribution is 5.79.